The number of carbonyl (C=O) groups is 1. The summed E-state index contributed by atoms with van der Waals surface area (Å²) in [6, 6.07) is 0.304. The van der Waals surface area contributed by atoms with Crippen LogP contribution in [0.15, 0.2) is 35.5 Å². The Balaban J connectivity index is 1.69. The van der Waals surface area contributed by atoms with E-state index >= 15 is 0 Å². The van der Waals surface area contributed by atoms with E-state index in [0.29, 0.717) is 18.5 Å². The average molecular weight is 273 g/mol. The van der Waals surface area contributed by atoms with Gasteiger partial charge in [-0.2, -0.15) is 0 Å². The average Bonchev–Trinajstić information content (AvgIpc) is 2.85. The van der Waals surface area contributed by atoms with Gasteiger partial charge in [-0.15, -0.1) is 0 Å². The Kier molecular flexibility index (Phi) is 3.76. The molecule has 2 heterocycles. The van der Waals surface area contributed by atoms with Crippen molar-refractivity contribution in [2.24, 2.45) is 5.92 Å². The fraction of sp³-hybridized carbons (Fsp3) is 0.562. The molecule has 4 nitrogen and oxygen atoms in total. The predicted molar refractivity (Wildman–Crippen MR) is 80.3 cm³/mol. The van der Waals surface area contributed by atoms with Crippen molar-refractivity contribution in [2.45, 2.75) is 12.5 Å². The minimum Gasteiger partial charge on any atom is -0.331 e. The van der Waals surface area contributed by atoms with E-state index in [4.69, 9.17) is 0 Å². The molecule has 0 radical (unpaired) electrons. The van der Waals surface area contributed by atoms with Crippen LogP contribution < -0.4 is 5.32 Å². The van der Waals surface area contributed by atoms with Gasteiger partial charge in [0.2, 0.25) is 0 Å². The van der Waals surface area contributed by atoms with Gasteiger partial charge in [0, 0.05) is 37.7 Å². The minimum absolute atomic E-state index is 0.224. The lowest BCUT2D eigenvalue weighted by molar-refractivity contribution is -0.128. The zero-order valence-electron chi connectivity index (χ0n) is 12.3. The van der Waals surface area contributed by atoms with Crippen LogP contribution in [-0.2, 0) is 4.79 Å². The molecule has 108 valence electrons. The quantitative estimate of drug-likeness (QED) is 0.752. The number of rotatable bonds is 5. The molecule has 4 heteroatoms. The normalized spacial score (nSPS) is 27.8. The smallest absolute Gasteiger partial charge is 0.251 e. The third-order valence-corrected chi connectivity index (χ3v) is 4.36. The summed E-state index contributed by atoms with van der Waals surface area (Å²) >= 11 is 0. The second-order valence-corrected chi connectivity index (χ2v) is 6.10. The Morgan fingerprint density at radius 1 is 1.45 bits per heavy atom. The first-order valence-corrected chi connectivity index (χ1v) is 7.42. The zero-order valence-corrected chi connectivity index (χ0v) is 12.3. The summed E-state index contributed by atoms with van der Waals surface area (Å²) in [6.45, 7) is 3.45. The molecule has 0 aromatic rings. The van der Waals surface area contributed by atoms with E-state index in [0.717, 1.165) is 31.6 Å². The maximum absolute atomic E-state index is 12.5. The molecule has 2 unspecified atom stereocenters. The number of amides is 1. The summed E-state index contributed by atoms with van der Waals surface area (Å²) in [4.78, 5) is 16.7. The molecule has 0 spiro atoms. The molecule has 2 aliphatic heterocycles. The van der Waals surface area contributed by atoms with E-state index in [1.165, 1.54) is 5.57 Å². The summed E-state index contributed by atoms with van der Waals surface area (Å²) in [7, 11) is 4.11. The van der Waals surface area contributed by atoms with Crippen LogP contribution in [0.5, 0.6) is 0 Å². The van der Waals surface area contributed by atoms with Gasteiger partial charge in [0.05, 0.1) is 6.04 Å². The van der Waals surface area contributed by atoms with E-state index < -0.39 is 0 Å². The van der Waals surface area contributed by atoms with Gasteiger partial charge in [-0.05, 0) is 32.2 Å². The third-order valence-electron chi connectivity index (χ3n) is 4.36. The van der Waals surface area contributed by atoms with Gasteiger partial charge in [0.1, 0.15) is 0 Å². The highest BCUT2D eigenvalue weighted by molar-refractivity contribution is 5.97. The lowest BCUT2D eigenvalue weighted by Gasteiger charge is -2.34. The Morgan fingerprint density at radius 2 is 2.30 bits per heavy atom. The van der Waals surface area contributed by atoms with Crippen LogP contribution >= 0.6 is 0 Å². The molecule has 0 saturated carbocycles. The van der Waals surface area contributed by atoms with Crippen molar-refractivity contribution in [3.63, 3.8) is 0 Å². The van der Waals surface area contributed by atoms with E-state index in [1.54, 1.807) is 0 Å². The molecule has 0 aromatic heterocycles. The SMILES string of the molecule is CN(C)CCNCC1=CC2=CC=CC3CCN(C1=O)C23. The maximum atomic E-state index is 12.5. The molecule has 1 saturated heterocycles. The van der Waals surface area contributed by atoms with Crippen LogP contribution in [0.1, 0.15) is 6.42 Å². The zero-order chi connectivity index (χ0) is 14.1. The highest BCUT2D eigenvalue weighted by Crippen LogP contribution is 2.37. The summed E-state index contributed by atoms with van der Waals surface area (Å²) in [5.74, 6) is 0.751. The Bertz CT molecular complexity index is 490. The topological polar surface area (TPSA) is 35.6 Å². The van der Waals surface area contributed by atoms with Gasteiger partial charge >= 0.3 is 0 Å². The fourth-order valence-electron chi connectivity index (χ4n) is 3.31. The van der Waals surface area contributed by atoms with Crippen molar-refractivity contribution in [3.8, 4) is 0 Å². The highest BCUT2D eigenvalue weighted by Gasteiger charge is 2.41. The number of hydrogen-bond donors (Lipinski definition) is 1. The first kappa shape index (κ1) is 13.6. The second kappa shape index (κ2) is 5.54. The lowest BCUT2D eigenvalue weighted by Crippen LogP contribution is -2.45. The van der Waals surface area contributed by atoms with Crippen molar-refractivity contribution in [3.05, 3.63) is 35.5 Å². The van der Waals surface area contributed by atoms with Gasteiger partial charge in [-0.1, -0.05) is 18.2 Å². The maximum Gasteiger partial charge on any atom is 0.251 e. The molecule has 2 atom stereocenters. The predicted octanol–water partition coefficient (Wildman–Crippen LogP) is 0.791. The molecule has 0 aromatic carbocycles. The van der Waals surface area contributed by atoms with Crippen LogP contribution in [-0.4, -0.2) is 62.0 Å². The Morgan fingerprint density at radius 3 is 3.10 bits per heavy atom. The second-order valence-electron chi connectivity index (χ2n) is 6.10. The number of likely N-dealkylation sites (N-methyl/N-ethyl adjacent to an activating group) is 1. The molecule has 1 N–H and O–H groups in total. The molecule has 1 aliphatic carbocycles. The van der Waals surface area contributed by atoms with Gasteiger partial charge in [0.15, 0.2) is 0 Å². The molecule has 0 bridgehead atoms. The first-order valence-electron chi connectivity index (χ1n) is 7.42. The third kappa shape index (κ3) is 2.45. The monoisotopic (exact) mass is 273 g/mol. The van der Waals surface area contributed by atoms with Crippen LogP contribution in [0.4, 0.5) is 0 Å². The number of nitrogens with one attached hydrogen (secondary N) is 1. The van der Waals surface area contributed by atoms with Crippen LogP contribution in [0, 0.1) is 5.92 Å². The summed E-state index contributed by atoms with van der Waals surface area (Å²) in [6.07, 6.45) is 9.75. The molecule has 1 fully saturated rings. The molecular formula is C16H23N3O. The Hall–Kier alpha value is -1.39. The summed E-state index contributed by atoms with van der Waals surface area (Å²) in [5.41, 5.74) is 2.21. The van der Waals surface area contributed by atoms with Gasteiger partial charge in [-0.25, -0.2) is 0 Å². The Labute approximate surface area is 120 Å². The summed E-state index contributed by atoms with van der Waals surface area (Å²) < 4.78 is 0. The van der Waals surface area contributed by atoms with Gasteiger partial charge in [0.25, 0.3) is 5.91 Å². The standard InChI is InChI=1S/C16H23N3O/c1-18(2)9-7-17-11-14-10-13-5-3-4-12-6-8-19(15(12)13)16(14)20/h3-5,10,12,15,17H,6-9,11H2,1-2H3. The largest absolute Gasteiger partial charge is 0.331 e. The highest BCUT2D eigenvalue weighted by atomic mass is 16.2. The molecule has 3 aliphatic rings. The molecule has 3 rings (SSSR count). The number of carbonyl (C=O) groups excluding carboxylic acids is 1. The number of nitrogens with zero attached hydrogens (tertiary/aromatic N) is 2. The van der Waals surface area contributed by atoms with Crippen LogP contribution in [0.25, 0.3) is 0 Å². The van der Waals surface area contributed by atoms with Gasteiger partial charge in [-0.3, -0.25) is 4.79 Å². The van der Waals surface area contributed by atoms with E-state index in [9.17, 15) is 4.79 Å². The fourth-order valence-corrected chi connectivity index (χ4v) is 3.31. The van der Waals surface area contributed by atoms with Crippen molar-refractivity contribution < 1.29 is 4.79 Å². The van der Waals surface area contributed by atoms with E-state index in [1.807, 2.05) is 0 Å². The van der Waals surface area contributed by atoms with Crippen molar-refractivity contribution >= 4 is 5.91 Å². The first-order chi connectivity index (χ1) is 9.66. The van der Waals surface area contributed by atoms with Crippen LogP contribution in [0.3, 0.4) is 0 Å². The van der Waals surface area contributed by atoms with E-state index in [-0.39, 0.29) is 5.91 Å². The van der Waals surface area contributed by atoms with Crippen LogP contribution in [0.2, 0.25) is 0 Å². The van der Waals surface area contributed by atoms with E-state index in [2.05, 4.69) is 53.5 Å². The lowest BCUT2D eigenvalue weighted by atomic mass is 9.86. The number of allylic oxidation sites excluding steroid dienone is 2. The van der Waals surface area contributed by atoms with Crippen molar-refractivity contribution in [1.29, 1.82) is 0 Å². The van der Waals surface area contributed by atoms with Crippen molar-refractivity contribution in [2.75, 3.05) is 40.3 Å². The van der Waals surface area contributed by atoms with Gasteiger partial charge < -0.3 is 15.1 Å². The molecule has 1 amide bonds. The van der Waals surface area contributed by atoms with Crippen molar-refractivity contribution in [1.82, 2.24) is 15.1 Å². The minimum atomic E-state index is 0.224. The number of hydrogen-bond acceptors (Lipinski definition) is 3. The summed E-state index contributed by atoms with van der Waals surface area (Å²) in [5, 5.41) is 3.37. The molecular weight excluding hydrogens is 250 g/mol. The molecule has 20 heavy (non-hydrogen) atoms.